The molecule has 0 saturated heterocycles. The van der Waals surface area contributed by atoms with Gasteiger partial charge in [-0.15, -0.1) is 13.2 Å². The summed E-state index contributed by atoms with van der Waals surface area (Å²) in [7, 11) is 0. The van der Waals surface area contributed by atoms with E-state index < -0.39 is 23.9 Å². The number of carbonyl (C=O) groups is 3. The number of aromatic nitrogens is 1. The van der Waals surface area contributed by atoms with E-state index in [1.54, 1.807) is 19.1 Å². The number of nitrogens with one attached hydrogen (secondary N) is 3. The highest BCUT2D eigenvalue weighted by molar-refractivity contribution is 5.86. The third kappa shape index (κ3) is 9.76. The van der Waals surface area contributed by atoms with Crippen LogP contribution in [0.5, 0.6) is 0 Å². The molecule has 0 fully saturated rings. The number of hydrogen-bond acceptors (Lipinski definition) is 5. The molecule has 3 aromatic rings. The second-order valence-corrected chi connectivity index (χ2v) is 10.4. The van der Waals surface area contributed by atoms with Gasteiger partial charge in [0.1, 0.15) is 6.61 Å². The lowest BCUT2D eigenvalue weighted by Crippen LogP contribution is -2.45. The number of ether oxygens (including phenoxy) is 1. The molecular weight excluding hydrogens is 518 g/mol. The summed E-state index contributed by atoms with van der Waals surface area (Å²) < 4.78 is 5.80. The molecule has 218 valence electrons. The third-order valence-corrected chi connectivity index (χ3v) is 6.96. The second kappa shape index (κ2) is 16.2. The second-order valence-electron chi connectivity index (χ2n) is 10.4. The molecule has 0 aliphatic carbocycles. The van der Waals surface area contributed by atoms with E-state index in [4.69, 9.17) is 4.74 Å². The first kappa shape index (κ1) is 31.4. The van der Waals surface area contributed by atoms with Gasteiger partial charge in [-0.05, 0) is 49.8 Å². The first-order valence-electron chi connectivity index (χ1n) is 14.0. The Kier molecular flexibility index (Phi) is 12.4. The number of carbonyl (C=O) groups excluding carboxylic acids is 3. The van der Waals surface area contributed by atoms with Crippen LogP contribution in [-0.2, 0) is 32.0 Å². The molecule has 0 spiro atoms. The molecule has 0 unspecified atom stereocenters. The van der Waals surface area contributed by atoms with Crippen LogP contribution in [0.4, 0.5) is 0 Å². The number of para-hydroxylation sites is 1. The average molecular weight is 560 g/mol. The van der Waals surface area contributed by atoms with Crippen molar-refractivity contribution >= 4 is 28.7 Å². The number of benzene rings is 2. The first-order chi connectivity index (χ1) is 19.8. The van der Waals surface area contributed by atoms with E-state index in [2.05, 4.69) is 28.8 Å². The molecule has 0 radical (unpaired) electrons. The smallest absolute Gasteiger partial charge is 0.309 e. The molecule has 4 N–H and O–H groups in total. The highest BCUT2D eigenvalue weighted by Crippen LogP contribution is 2.21. The van der Waals surface area contributed by atoms with Crippen LogP contribution in [-0.4, -0.2) is 53.2 Å². The van der Waals surface area contributed by atoms with Gasteiger partial charge in [0.2, 0.25) is 11.8 Å². The minimum atomic E-state index is -0.661. The Balaban J connectivity index is 1.75. The Hall–Kier alpha value is -4.17. The van der Waals surface area contributed by atoms with E-state index in [1.165, 1.54) is 0 Å². The van der Waals surface area contributed by atoms with Gasteiger partial charge in [-0.25, -0.2) is 0 Å². The summed E-state index contributed by atoms with van der Waals surface area (Å²) in [5, 5.41) is 16.0. The lowest BCUT2D eigenvalue weighted by Gasteiger charge is -2.23. The predicted octanol–water partition coefficient (Wildman–Crippen LogP) is 4.25. The fourth-order valence-electron chi connectivity index (χ4n) is 4.79. The molecule has 8 nitrogen and oxygen atoms in total. The zero-order valence-corrected chi connectivity index (χ0v) is 23.7. The molecule has 0 aliphatic heterocycles. The number of rotatable bonds is 17. The van der Waals surface area contributed by atoms with Crippen molar-refractivity contribution in [3.63, 3.8) is 0 Å². The first-order valence-corrected chi connectivity index (χ1v) is 14.0. The molecule has 1 heterocycles. The minimum absolute atomic E-state index is 0.0267. The maximum Gasteiger partial charge on any atom is 0.309 e. The van der Waals surface area contributed by atoms with E-state index in [0.717, 1.165) is 22.0 Å². The van der Waals surface area contributed by atoms with Crippen LogP contribution >= 0.6 is 0 Å². The number of fused-ring (bicyclic) bond motifs is 1. The number of aliphatic hydroxyl groups excluding tert-OH is 1. The number of amides is 2. The molecule has 1 aromatic heterocycles. The molecule has 0 saturated carbocycles. The van der Waals surface area contributed by atoms with Crippen LogP contribution in [0.25, 0.3) is 10.9 Å². The SMILES string of the molecule is C=CC[C@@H](CC(=O)N[C@@H](C)CO)C(=O)N[C@H](COC(=O)[C@H](CC=C)Cc1ccccc1)Cc1c[nH]c2ccccc12. The number of aliphatic hydroxyl groups is 1. The molecule has 0 bridgehead atoms. The van der Waals surface area contributed by atoms with Gasteiger partial charge in [0.25, 0.3) is 0 Å². The van der Waals surface area contributed by atoms with Crippen molar-refractivity contribution in [3.8, 4) is 0 Å². The molecule has 2 amide bonds. The van der Waals surface area contributed by atoms with Gasteiger partial charge in [0.05, 0.1) is 24.5 Å². The average Bonchev–Trinajstić information content (AvgIpc) is 3.38. The van der Waals surface area contributed by atoms with Gasteiger partial charge in [0, 0.05) is 29.6 Å². The molecular formula is C33H41N3O5. The molecule has 0 aliphatic rings. The summed E-state index contributed by atoms with van der Waals surface area (Å²) >= 11 is 0. The summed E-state index contributed by atoms with van der Waals surface area (Å²) in [4.78, 5) is 42.3. The number of esters is 1. The van der Waals surface area contributed by atoms with Crippen LogP contribution in [0, 0.1) is 11.8 Å². The van der Waals surface area contributed by atoms with E-state index in [9.17, 15) is 19.5 Å². The minimum Gasteiger partial charge on any atom is -0.463 e. The number of H-pyrrole nitrogens is 1. The van der Waals surface area contributed by atoms with E-state index >= 15 is 0 Å². The molecule has 8 heteroatoms. The fraction of sp³-hybridized carbons (Fsp3) is 0.364. The van der Waals surface area contributed by atoms with Gasteiger partial charge in [-0.1, -0.05) is 60.7 Å². The zero-order chi connectivity index (χ0) is 29.6. The highest BCUT2D eigenvalue weighted by Gasteiger charge is 2.26. The van der Waals surface area contributed by atoms with E-state index in [0.29, 0.717) is 25.7 Å². The Bertz CT molecular complexity index is 1300. The highest BCUT2D eigenvalue weighted by atomic mass is 16.5. The number of allylic oxidation sites excluding steroid dienone is 2. The summed E-state index contributed by atoms with van der Waals surface area (Å²) in [6.45, 7) is 9.00. The fourth-order valence-corrected chi connectivity index (χ4v) is 4.79. The van der Waals surface area contributed by atoms with Crippen molar-refractivity contribution in [1.82, 2.24) is 15.6 Å². The van der Waals surface area contributed by atoms with Crippen LogP contribution in [0.15, 0.2) is 86.1 Å². The monoisotopic (exact) mass is 559 g/mol. The topological polar surface area (TPSA) is 121 Å². The van der Waals surface area contributed by atoms with Crippen LogP contribution in [0.3, 0.4) is 0 Å². The molecule has 4 atom stereocenters. The van der Waals surface area contributed by atoms with Crippen LogP contribution < -0.4 is 10.6 Å². The number of aromatic amines is 1. The number of hydrogen-bond donors (Lipinski definition) is 4. The summed E-state index contributed by atoms with van der Waals surface area (Å²) in [6, 6.07) is 16.7. The van der Waals surface area contributed by atoms with Gasteiger partial charge in [0.15, 0.2) is 0 Å². The lowest BCUT2D eigenvalue weighted by atomic mass is 9.96. The van der Waals surface area contributed by atoms with Crippen LogP contribution in [0.2, 0.25) is 0 Å². The zero-order valence-electron chi connectivity index (χ0n) is 23.7. The molecule has 41 heavy (non-hydrogen) atoms. The largest absolute Gasteiger partial charge is 0.463 e. The Morgan fingerprint density at radius 1 is 0.951 bits per heavy atom. The maximum absolute atomic E-state index is 13.4. The Labute approximate surface area is 241 Å². The summed E-state index contributed by atoms with van der Waals surface area (Å²) in [6.07, 6.45) is 6.86. The third-order valence-electron chi connectivity index (χ3n) is 6.96. The molecule has 2 aromatic carbocycles. The van der Waals surface area contributed by atoms with Crippen molar-refractivity contribution < 1.29 is 24.2 Å². The molecule has 3 rings (SSSR count). The quantitative estimate of drug-likeness (QED) is 0.146. The van der Waals surface area contributed by atoms with E-state index in [-0.39, 0.29) is 37.4 Å². The van der Waals surface area contributed by atoms with Gasteiger partial charge in [-0.2, -0.15) is 0 Å². The lowest BCUT2D eigenvalue weighted by molar-refractivity contribution is -0.149. The maximum atomic E-state index is 13.4. The van der Waals surface area contributed by atoms with Crippen molar-refractivity contribution in [1.29, 1.82) is 0 Å². The van der Waals surface area contributed by atoms with Crippen molar-refractivity contribution in [3.05, 3.63) is 97.2 Å². The van der Waals surface area contributed by atoms with Crippen molar-refractivity contribution in [2.75, 3.05) is 13.2 Å². The van der Waals surface area contributed by atoms with E-state index in [1.807, 2.05) is 60.8 Å². The van der Waals surface area contributed by atoms with Crippen molar-refractivity contribution in [2.45, 2.75) is 51.1 Å². The summed E-state index contributed by atoms with van der Waals surface area (Å²) in [5.74, 6) is -2.07. The normalized spacial score (nSPS) is 13.9. The van der Waals surface area contributed by atoms with Gasteiger partial charge < -0.3 is 25.5 Å². The standard InChI is InChI=1S/C33H41N3O5/c1-4-11-25(19-31(38)35-23(3)21-37)32(39)36-28(18-27-20-34-30-16-10-9-15-29(27)30)22-41-33(40)26(12-5-2)17-24-13-7-6-8-14-24/h4-10,13-16,20,23,25-26,28,34,37H,1-2,11-12,17-19,21-22H2,3H3,(H,35,38)(H,36,39)/t23-,25-,26+,28-/m0/s1. The Morgan fingerprint density at radius 3 is 2.34 bits per heavy atom. The summed E-state index contributed by atoms with van der Waals surface area (Å²) in [5.41, 5.74) is 2.97. The Morgan fingerprint density at radius 2 is 1.63 bits per heavy atom. The predicted molar refractivity (Wildman–Crippen MR) is 161 cm³/mol. The van der Waals surface area contributed by atoms with Crippen molar-refractivity contribution in [2.24, 2.45) is 11.8 Å². The van der Waals surface area contributed by atoms with Crippen LogP contribution in [0.1, 0.15) is 37.3 Å². The van der Waals surface area contributed by atoms with Gasteiger partial charge >= 0.3 is 5.97 Å². The van der Waals surface area contributed by atoms with Gasteiger partial charge in [-0.3, -0.25) is 14.4 Å².